The molecule has 0 saturated carbocycles. The Balaban J connectivity index is 2.65. The monoisotopic (exact) mass is 380 g/mol. The molecule has 0 radical (unpaired) electrons. The number of hydrogen-bond donors (Lipinski definition) is 2. The maximum absolute atomic E-state index is 12.2. The fourth-order valence-electron chi connectivity index (χ4n) is 1.77. The summed E-state index contributed by atoms with van der Waals surface area (Å²) in [5.74, 6) is 1.17. The number of furan rings is 1. The van der Waals surface area contributed by atoms with Crippen LogP contribution in [0.2, 0.25) is 0 Å². The van der Waals surface area contributed by atoms with Crippen LogP contribution in [-0.2, 0) is 16.6 Å². The van der Waals surface area contributed by atoms with Crippen molar-refractivity contribution >= 4 is 26.0 Å². The summed E-state index contributed by atoms with van der Waals surface area (Å²) in [5, 5.41) is 3.19. The Hall–Kier alpha value is -0.370. The molecule has 7 heteroatoms. The van der Waals surface area contributed by atoms with Crippen molar-refractivity contribution in [2.75, 3.05) is 6.54 Å². The normalized spacial score (nSPS) is 12.5. The van der Waals surface area contributed by atoms with E-state index in [-0.39, 0.29) is 9.56 Å². The number of hydrogen-bond acceptors (Lipinski definition) is 4. The first kappa shape index (κ1) is 18.7. The number of halogens is 1. The van der Waals surface area contributed by atoms with Crippen molar-refractivity contribution in [2.24, 2.45) is 5.92 Å². The topological polar surface area (TPSA) is 71.3 Å². The molecule has 2 N–H and O–H groups in total. The molecule has 122 valence electrons. The average molecular weight is 381 g/mol. The van der Waals surface area contributed by atoms with Gasteiger partial charge in [-0.3, -0.25) is 0 Å². The Morgan fingerprint density at radius 3 is 2.52 bits per heavy atom. The summed E-state index contributed by atoms with van der Waals surface area (Å²) in [5.41, 5.74) is 0. The molecule has 0 aromatic carbocycles. The first-order valence-electron chi connectivity index (χ1n) is 7.23. The molecule has 0 bridgehead atoms. The first-order valence-corrected chi connectivity index (χ1v) is 9.51. The van der Waals surface area contributed by atoms with E-state index in [0.29, 0.717) is 30.8 Å². The van der Waals surface area contributed by atoms with Crippen molar-refractivity contribution in [3.05, 3.63) is 16.5 Å². The minimum Gasteiger partial charge on any atom is -0.452 e. The summed E-state index contributed by atoms with van der Waals surface area (Å²) >= 11 is 3.18. The van der Waals surface area contributed by atoms with Gasteiger partial charge in [0.15, 0.2) is 4.67 Å². The molecule has 0 saturated heterocycles. The molecule has 1 heterocycles. The van der Waals surface area contributed by atoms with Gasteiger partial charge in [0.05, 0.1) is 6.54 Å². The van der Waals surface area contributed by atoms with Gasteiger partial charge >= 0.3 is 0 Å². The first-order chi connectivity index (χ1) is 9.72. The van der Waals surface area contributed by atoms with Crippen LogP contribution < -0.4 is 10.0 Å². The Labute approximate surface area is 136 Å². The van der Waals surface area contributed by atoms with Crippen LogP contribution in [0.4, 0.5) is 0 Å². The predicted octanol–water partition coefficient (Wildman–Crippen LogP) is 3.25. The van der Waals surface area contributed by atoms with Crippen LogP contribution in [0.3, 0.4) is 0 Å². The summed E-state index contributed by atoms with van der Waals surface area (Å²) in [6.07, 6.45) is 1.83. The average Bonchev–Trinajstić information content (AvgIpc) is 2.74. The second-order valence-corrected chi connectivity index (χ2v) is 8.28. The minimum absolute atomic E-state index is 0.160. The summed E-state index contributed by atoms with van der Waals surface area (Å²) < 4.78 is 32.7. The summed E-state index contributed by atoms with van der Waals surface area (Å²) in [7, 11) is -3.53. The molecule has 5 nitrogen and oxygen atoms in total. The Morgan fingerprint density at radius 2 is 1.95 bits per heavy atom. The molecular weight excluding hydrogens is 356 g/mol. The third-order valence-electron chi connectivity index (χ3n) is 2.93. The number of sulfonamides is 1. The third kappa shape index (κ3) is 6.50. The van der Waals surface area contributed by atoms with E-state index in [1.807, 2.05) is 13.8 Å². The van der Waals surface area contributed by atoms with Crippen molar-refractivity contribution in [1.82, 2.24) is 10.0 Å². The quantitative estimate of drug-likeness (QED) is 0.644. The molecule has 1 aromatic heterocycles. The summed E-state index contributed by atoms with van der Waals surface area (Å²) in [4.78, 5) is 0.160. The maximum atomic E-state index is 12.2. The highest BCUT2D eigenvalue weighted by Crippen LogP contribution is 2.26. The van der Waals surface area contributed by atoms with Crippen LogP contribution in [0, 0.1) is 5.92 Å². The molecule has 0 fully saturated rings. The molecule has 0 atom stereocenters. The van der Waals surface area contributed by atoms with Gasteiger partial charge < -0.3 is 9.73 Å². The lowest BCUT2D eigenvalue weighted by Crippen LogP contribution is -2.25. The van der Waals surface area contributed by atoms with Crippen molar-refractivity contribution in [2.45, 2.75) is 58.0 Å². The van der Waals surface area contributed by atoms with Gasteiger partial charge in [-0.15, -0.1) is 0 Å². The van der Waals surface area contributed by atoms with Gasteiger partial charge in [-0.25, -0.2) is 13.1 Å². The highest BCUT2D eigenvalue weighted by atomic mass is 79.9. The molecule has 0 aliphatic rings. The van der Waals surface area contributed by atoms with Crippen LogP contribution in [0.25, 0.3) is 0 Å². The van der Waals surface area contributed by atoms with Crippen LogP contribution >= 0.6 is 15.9 Å². The van der Waals surface area contributed by atoms with Gasteiger partial charge in [0.25, 0.3) is 0 Å². The van der Waals surface area contributed by atoms with Crippen molar-refractivity contribution in [3.8, 4) is 0 Å². The van der Waals surface area contributed by atoms with Gasteiger partial charge in [-0.2, -0.15) is 0 Å². The molecule has 0 spiro atoms. The SMILES string of the molecule is CC(C)CCCNS(=O)(=O)c1cc(CNC(C)C)oc1Br. The number of rotatable bonds is 9. The van der Waals surface area contributed by atoms with Crippen LogP contribution in [0.5, 0.6) is 0 Å². The largest absolute Gasteiger partial charge is 0.452 e. The smallest absolute Gasteiger partial charge is 0.244 e. The molecule has 0 unspecified atom stereocenters. The van der Waals surface area contributed by atoms with E-state index >= 15 is 0 Å². The Bertz CT molecular complexity index is 538. The zero-order valence-corrected chi connectivity index (χ0v) is 15.5. The third-order valence-corrected chi connectivity index (χ3v) is 5.25. The fourth-order valence-corrected chi connectivity index (χ4v) is 3.84. The highest BCUT2D eigenvalue weighted by Gasteiger charge is 2.22. The van der Waals surface area contributed by atoms with Crippen molar-refractivity contribution in [3.63, 3.8) is 0 Å². The van der Waals surface area contributed by atoms with Crippen molar-refractivity contribution in [1.29, 1.82) is 0 Å². The lowest BCUT2D eigenvalue weighted by atomic mass is 10.1. The predicted molar refractivity (Wildman–Crippen MR) is 87.6 cm³/mol. The standard InChI is InChI=1S/C14H25BrN2O3S/c1-10(2)6-5-7-17-21(18,19)13-8-12(20-14(13)15)9-16-11(3)4/h8,10-11,16-17H,5-7,9H2,1-4H3. The Morgan fingerprint density at radius 1 is 1.29 bits per heavy atom. The lowest BCUT2D eigenvalue weighted by molar-refractivity contribution is 0.447. The van der Waals surface area contributed by atoms with Gasteiger partial charge in [-0.1, -0.05) is 27.7 Å². The van der Waals surface area contributed by atoms with E-state index in [1.54, 1.807) is 6.07 Å². The van der Waals surface area contributed by atoms with Gasteiger partial charge in [-0.05, 0) is 34.7 Å². The lowest BCUT2D eigenvalue weighted by Gasteiger charge is -2.06. The fraction of sp³-hybridized carbons (Fsp3) is 0.714. The molecule has 0 aliphatic carbocycles. The van der Waals surface area contributed by atoms with Crippen molar-refractivity contribution < 1.29 is 12.8 Å². The maximum Gasteiger partial charge on any atom is 0.244 e. The van der Waals surface area contributed by atoms with E-state index in [0.717, 1.165) is 12.8 Å². The molecule has 0 amide bonds. The minimum atomic E-state index is -3.53. The molecule has 1 rings (SSSR count). The van der Waals surface area contributed by atoms with Crippen LogP contribution in [0.1, 0.15) is 46.3 Å². The molecular formula is C14H25BrN2O3S. The zero-order valence-electron chi connectivity index (χ0n) is 13.1. The highest BCUT2D eigenvalue weighted by molar-refractivity contribution is 9.10. The van der Waals surface area contributed by atoms with E-state index in [9.17, 15) is 8.42 Å². The molecule has 0 aliphatic heterocycles. The molecule has 1 aromatic rings. The zero-order chi connectivity index (χ0) is 16.0. The van der Waals surface area contributed by atoms with E-state index in [1.165, 1.54) is 0 Å². The van der Waals surface area contributed by atoms with Crippen LogP contribution in [0.15, 0.2) is 20.0 Å². The van der Waals surface area contributed by atoms with Gasteiger partial charge in [0, 0.05) is 18.7 Å². The van der Waals surface area contributed by atoms with Crippen LogP contribution in [-0.4, -0.2) is 21.0 Å². The van der Waals surface area contributed by atoms with E-state index in [2.05, 4.69) is 39.8 Å². The van der Waals surface area contributed by atoms with Gasteiger partial charge in [0.1, 0.15) is 10.7 Å². The van der Waals surface area contributed by atoms with E-state index < -0.39 is 10.0 Å². The van der Waals surface area contributed by atoms with E-state index in [4.69, 9.17) is 4.42 Å². The summed E-state index contributed by atoms with van der Waals surface area (Å²) in [6.45, 7) is 9.22. The van der Waals surface area contributed by atoms with Gasteiger partial charge in [0.2, 0.25) is 10.0 Å². The Kier molecular flexibility index (Phi) is 7.39. The molecule has 21 heavy (non-hydrogen) atoms. The summed E-state index contributed by atoms with van der Waals surface area (Å²) in [6, 6.07) is 1.87. The second kappa shape index (κ2) is 8.31. The second-order valence-electron chi connectivity index (χ2n) is 5.82. The number of nitrogens with one attached hydrogen (secondary N) is 2.